The average Bonchev–Trinajstić information content (AvgIpc) is 0.983. The summed E-state index contributed by atoms with van der Waals surface area (Å²) >= 11 is 1.60. The van der Waals surface area contributed by atoms with Gasteiger partial charge in [0.2, 0.25) is 0 Å². The molecule has 25 N–H and O–H groups in total. The molecule has 21 aliphatic heterocycles. The van der Waals surface area contributed by atoms with Crippen LogP contribution in [0.2, 0.25) is 0 Å². The molecule has 0 aromatic rings. The summed E-state index contributed by atoms with van der Waals surface area (Å²) in [5.74, 6) is -4.26. The van der Waals surface area contributed by atoms with Gasteiger partial charge in [-0.15, -0.1) is 0 Å². The second-order valence-corrected chi connectivity index (χ2v) is 24.4. The molecule has 21 saturated heterocycles. The van der Waals surface area contributed by atoms with Gasteiger partial charge in [-0.25, -0.2) is 0 Å². The van der Waals surface area contributed by atoms with Crippen molar-refractivity contribution in [2.75, 3.05) is 56.0 Å². The molecule has 0 amide bonds. The van der Waals surface area contributed by atoms with Crippen molar-refractivity contribution < 1.29 is 183 Å². The van der Waals surface area contributed by atoms with Crippen molar-refractivity contribution in [3.63, 3.8) is 0 Å². The molecular formula is C48H80N2O37S2. The monoisotopic (exact) mass is 1340 g/mol. The van der Waals surface area contributed by atoms with Crippen molar-refractivity contribution in [1.29, 1.82) is 0 Å². The number of hydrogen-bond acceptors (Lipinski definition) is 39. The van der Waals surface area contributed by atoms with Gasteiger partial charge in [-0.1, -0.05) is 0 Å². The van der Waals surface area contributed by atoms with Gasteiger partial charge < -0.3 is 185 Å². The van der Waals surface area contributed by atoms with Crippen molar-refractivity contribution >= 4 is 35.5 Å². The predicted octanol–water partition coefficient (Wildman–Crippen LogP) is -14.9. The Labute approximate surface area is 511 Å². The van der Waals surface area contributed by atoms with E-state index >= 15 is 0 Å². The van der Waals surface area contributed by atoms with Crippen molar-refractivity contribution in [3.05, 3.63) is 0 Å². The Morgan fingerprint density at radius 2 is 0.438 bits per heavy atom. The fraction of sp³-hybridized carbons (Fsp3) is 0.958. The molecule has 39 nitrogen and oxygen atoms in total. The lowest BCUT2D eigenvalue weighted by Gasteiger charge is -2.50. The molecule has 41 heteroatoms. The largest absolute Gasteiger partial charge is 0.480 e. The zero-order chi connectivity index (χ0) is 65.2. The topological polar surface area (TPSA) is 640 Å². The van der Waals surface area contributed by atoms with E-state index in [1.807, 2.05) is 0 Å². The number of carbonyl (C=O) groups is 2. The van der Waals surface area contributed by atoms with Crippen LogP contribution in [0.4, 0.5) is 0 Å². The highest BCUT2D eigenvalue weighted by atomic mass is 32.2. The van der Waals surface area contributed by atoms with Crippen LogP contribution < -0.4 is 11.5 Å². The van der Waals surface area contributed by atoms with Gasteiger partial charge in [-0.05, 0) is 0 Å². The van der Waals surface area contributed by atoms with Gasteiger partial charge in [0.15, 0.2) is 44.0 Å². The summed E-state index contributed by atoms with van der Waals surface area (Å²) in [6.07, 6.45) is -71.4. The zero-order valence-electron chi connectivity index (χ0n) is 46.6. The van der Waals surface area contributed by atoms with Crippen LogP contribution in [0.3, 0.4) is 0 Å². The first kappa shape index (κ1) is 73.1. The number of aliphatic carboxylic acids is 2. The molecule has 21 fully saturated rings. The Kier molecular flexibility index (Phi) is 26.2. The minimum atomic E-state index is -2.27. The number of aliphatic hydroxyl groups excluding tert-OH is 19. The van der Waals surface area contributed by atoms with Crippen LogP contribution in [-0.4, -0.2) is 402 Å². The Balaban J connectivity index is 1.11. The fourth-order valence-corrected chi connectivity index (χ4v) is 13.2. The lowest BCUT2D eigenvalue weighted by molar-refractivity contribution is -0.395. The van der Waals surface area contributed by atoms with Gasteiger partial charge in [-0.2, -0.15) is 23.5 Å². The molecule has 21 rings (SSSR count). The molecular weight excluding hydrogens is 1260 g/mol. The number of hydrogen-bond donors (Lipinski definition) is 23. The smallest absolute Gasteiger partial charge is 0.321 e. The van der Waals surface area contributed by atoms with Crippen molar-refractivity contribution in [3.8, 4) is 0 Å². The van der Waals surface area contributed by atoms with Gasteiger partial charge >= 0.3 is 11.9 Å². The SMILES string of the molecule is NC(CSCC1O[C@@H]2O[C@@H]3C(CO)O[C@H](O[C@@H]4C(CO)O[C@H](O[C@@H]5C(CSC[C@@H](N)C(=O)O)O[C@H](O[C@@H]6C(CO)O[C@H](O[C@@H]7C(CO)O[C@H](O[C@@H]8C(CO)O[C@H](O[C@H]1[C@H](O)C2O)C(O)[C@H]8O)C(O)[C@H]7O)[C@@H](O)C6O)[C@@H](O)C5O)[C@@H](O)C4O)[C@@H](O)C3O)C(=O)O. The molecule has 89 heavy (non-hydrogen) atoms. The number of ether oxygens (including phenoxy) is 14. The normalized spacial score (nSPS) is 50.1. The number of thioether (sulfide) groups is 2. The van der Waals surface area contributed by atoms with Crippen LogP contribution in [0.1, 0.15) is 0 Å². The van der Waals surface area contributed by atoms with E-state index in [4.69, 9.17) is 77.8 Å². The molecule has 0 saturated carbocycles. The molecule has 0 aliphatic carbocycles. The third-order valence-corrected chi connectivity index (χ3v) is 18.5. The third-order valence-electron chi connectivity index (χ3n) is 16.2. The first-order valence-electron chi connectivity index (χ1n) is 28.1. The minimum Gasteiger partial charge on any atom is -0.480 e. The van der Waals surface area contributed by atoms with E-state index in [0.717, 1.165) is 23.5 Å². The van der Waals surface area contributed by atoms with E-state index < -0.39 is 284 Å². The van der Waals surface area contributed by atoms with Crippen LogP contribution in [0, 0.1) is 0 Å². The summed E-state index contributed by atoms with van der Waals surface area (Å²) in [5.41, 5.74) is 11.4. The number of carboxylic acids is 2. The summed E-state index contributed by atoms with van der Waals surface area (Å²) in [6.45, 7) is -5.43. The van der Waals surface area contributed by atoms with Crippen LogP contribution in [0.5, 0.6) is 0 Å². The highest BCUT2D eigenvalue weighted by molar-refractivity contribution is 7.99. The van der Waals surface area contributed by atoms with E-state index in [-0.39, 0.29) is 11.5 Å². The first-order valence-corrected chi connectivity index (χ1v) is 30.4. The lowest BCUT2D eigenvalue weighted by Crippen LogP contribution is -2.68. The van der Waals surface area contributed by atoms with Crippen LogP contribution in [0.15, 0.2) is 0 Å². The second-order valence-electron chi connectivity index (χ2n) is 22.3. The Hall–Kier alpha value is -1.76. The third kappa shape index (κ3) is 15.9. The number of rotatable bonds is 15. The van der Waals surface area contributed by atoms with Crippen molar-refractivity contribution in [2.45, 2.75) is 227 Å². The summed E-state index contributed by atoms with van der Waals surface area (Å²) in [5, 5.41) is 233. The fourth-order valence-electron chi connectivity index (χ4n) is 11.2. The van der Waals surface area contributed by atoms with E-state index in [2.05, 4.69) is 0 Å². The Morgan fingerprint density at radius 1 is 0.281 bits per heavy atom. The molecule has 516 valence electrons. The maximum Gasteiger partial charge on any atom is 0.321 e. The zero-order valence-corrected chi connectivity index (χ0v) is 48.3. The number of nitrogens with two attached hydrogens (primary N) is 2. The first-order chi connectivity index (χ1) is 42.2. The molecule has 0 spiro atoms. The summed E-state index contributed by atoms with van der Waals surface area (Å²) in [4.78, 5) is 23.2. The highest BCUT2D eigenvalue weighted by Gasteiger charge is 2.60. The molecule has 15 unspecified atom stereocenters. The second kappa shape index (κ2) is 31.9. The minimum absolute atomic E-state index is 0.319. The van der Waals surface area contributed by atoms with Gasteiger partial charge in [0.1, 0.15) is 171 Å². The van der Waals surface area contributed by atoms with Gasteiger partial charge in [0.05, 0.1) is 45.2 Å². The van der Waals surface area contributed by atoms with E-state index in [1.165, 1.54) is 0 Å². The van der Waals surface area contributed by atoms with Gasteiger partial charge in [0.25, 0.3) is 0 Å². The molecule has 21 aliphatic rings. The van der Waals surface area contributed by atoms with E-state index in [0.29, 0.717) is 0 Å². The van der Waals surface area contributed by atoms with Gasteiger partial charge in [0, 0.05) is 23.0 Å². The lowest BCUT2D eigenvalue weighted by atomic mass is 9.95. The van der Waals surface area contributed by atoms with Crippen molar-refractivity contribution in [2.24, 2.45) is 11.5 Å². The van der Waals surface area contributed by atoms with Crippen molar-refractivity contribution in [1.82, 2.24) is 0 Å². The van der Waals surface area contributed by atoms with E-state index in [9.17, 15) is 117 Å². The Bertz CT molecular complexity index is 2200. The maximum atomic E-state index is 11.7. The average molecular weight is 1340 g/mol. The Morgan fingerprint density at radius 3 is 0.596 bits per heavy atom. The van der Waals surface area contributed by atoms with Crippen LogP contribution in [-0.2, 0) is 75.9 Å². The molecule has 0 aromatic carbocycles. The molecule has 14 bridgehead atoms. The summed E-state index contributed by atoms with van der Waals surface area (Å²) in [6, 6.07) is -2.94. The molecule has 0 aromatic heterocycles. The predicted molar refractivity (Wildman–Crippen MR) is 280 cm³/mol. The summed E-state index contributed by atoms with van der Waals surface area (Å²) in [7, 11) is 0. The molecule has 0 radical (unpaired) electrons. The van der Waals surface area contributed by atoms with Gasteiger partial charge in [-0.3, -0.25) is 9.59 Å². The molecule has 21 heterocycles. The number of carboxylic acid groups (broad SMARTS) is 2. The summed E-state index contributed by atoms with van der Waals surface area (Å²) < 4.78 is 81.6. The molecule has 37 atom stereocenters. The van der Waals surface area contributed by atoms with Crippen LogP contribution in [0.25, 0.3) is 0 Å². The standard InChI is InChI=1S/C48H80N2O37S2/c49-10(40(70)71)6-88-8-17-38-25(62)32(69)48(80-17)85-37-16(5-55)76-44(28(65)21(37)58)83-35-14(3-53)78-46(30(67)23(35)60)87-39-18(9-89-7-11(50)41(72)73)79-47(31(68)24(39)61)84-36-15(4-54)75-43(27(64)20(36)57)81-33-12(1-51)74-42(26(63)19(33)56)82-34-13(2-52)77-45(86-38)29(66)22(34)59/h10-39,42-48,51-69H,1-9,49-50H2,(H,70,71)(H,72,73)/t10?,11-,12?,13?,14?,15?,16?,17?,18?,19-,20?,21?,22-,23?,24?,25-,26?,27+,28+,29?,30+,31+,32?,33-,34-,35-,36-,37-,38-,39-,42-,43-,44-,45-,46-,47-,48-/m1/s1. The quantitative estimate of drug-likeness (QED) is 0.0724. The maximum absolute atomic E-state index is 11.7. The highest BCUT2D eigenvalue weighted by Crippen LogP contribution is 2.40. The number of aliphatic hydroxyl groups is 19. The van der Waals surface area contributed by atoms with Crippen LogP contribution >= 0.6 is 23.5 Å². The van der Waals surface area contributed by atoms with E-state index in [1.54, 1.807) is 0 Å².